The molecule has 280 valence electrons. The normalized spacial score (nSPS) is 13.3. The third-order valence-corrected chi connectivity index (χ3v) is 16.0. The molecule has 0 spiro atoms. The van der Waals surface area contributed by atoms with Crippen molar-refractivity contribution in [3.05, 3.63) is 180 Å². The summed E-state index contributed by atoms with van der Waals surface area (Å²) in [7, 11) is -2.83. The van der Waals surface area contributed by atoms with E-state index in [1.54, 1.807) is 0 Å². The third-order valence-electron chi connectivity index (χ3n) is 11.9. The first kappa shape index (κ1) is 36.8. The quantitative estimate of drug-likeness (QED) is 0.121. The summed E-state index contributed by atoms with van der Waals surface area (Å²) in [6.07, 6.45) is 0. The van der Waals surface area contributed by atoms with Crippen LogP contribution < -0.4 is 15.3 Å². The summed E-state index contributed by atoms with van der Waals surface area (Å²) in [5.41, 5.74) is 14.3. The van der Waals surface area contributed by atoms with Gasteiger partial charge in [0.1, 0.15) is 0 Å². The van der Waals surface area contributed by atoms with Crippen molar-refractivity contribution in [3.63, 3.8) is 0 Å². The smallest absolute Gasteiger partial charge is 0.0775 e. The van der Waals surface area contributed by atoms with E-state index in [-0.39, 0.29) is 5.41 Å². The Kier molecular flexibility index (Phi) is 8.81. The lowest BCUT2D eigenvalue weighted by Crippen LogP contribution is -2.37. The highest BCUT2D eigenvalue weighted by Crippen LogP contribution is 2.53. The van der Waals surface area contributed by atoms with Crippen LogP contribution in [-0.4, -0.2) is 20.7 Å². The summed E-state index contributed by atoms with van der Waals surface area (Å²) in [6, 6.07) is 58.3. The lowest BCUT2D eigenvalue weighted by atomic mass is 9.81. The summed E-state index contributed by atoms with van der Waals surface area (Å²) >= 11 is 0. The fraction of sp³-hybridized carbons (Fsp3) is 0.170. The van der Waals surface area contributed by atoms with E-state index in [0.29, 0.717) is 0 Å². The molecule has 0 bridgehead atoms. The van der Waals surface area contributed by atoms with Crippen LogP contribution in [-0.2, 0) is 5.41 Å². The van der Waals surface area contributed by atoms with E-state index in [2.05, 4.69) is 232 Å². The van der Waals surface area contributed by atoms with Crippen LogP contribution in [0.3, 0.4) is 0 Å². The monoisotopic (exact) mass is 770 g/mol. The second-order valence-corrected chi connectivity index (χ2v) is 28.3. The van der Waals surface area contributed by atoms with Crippen LogP contribution >= 0.6 is 0 Å². The molecule has 4 heteroatoms. The topological polar surface area (TPSA) is 8.17 Å². The number of hydrogen-bond acceptors (Lipinski definition) is 1. The van der Waals surface area contributed by atoms with Crippen LogP contribution in [0.5, 0.6) is 0 Å². The number of para-hydroxylation sites is 2. The van der Waals surface area contributed by atoms with Gasteiger partial charge in [-0.05, 0) is 101 Å². The Bertz CT molecular complexity index is 2800. The average molecular weight is 771 g/mol. The second-order valence-electron chi connectivity index (χ2n) is 18.2. The van der Waals surface area contributed by atoms with Crippen molar-refractivity contribution < 1.29 is 0 Å². The van der Waals surface area contributed by atoms with E-state index in [4.69, 9.17) is 0 Å². The van der Waals surface area contributed by atoms with Crippen LogP contribution in [0.4, 0.5) is 17.1 Å². The van der Waals surface area contributed by atoms with Crippen molar-refractivity contribution in [2.45, 2.75) is 58.5 Å². The molecule has 0 N–H and O–H groups in total. The van der Waals surface area contributed by atoms with Crippen LogP contribution in [0.15, 0.2) is 158 Å². The number of aromatic nitrogens is 1. The number of hydrogen-bond donors (Lipinski definition) is 0. The first-order valence-electron chi connectivity index (χ1n) is 20.2. The van der Waals surface area contributed by atoms with E-state index >= 15 is 0 Å². The number of benzene rings is 7. The maximum Gasteiger partial charge on any atom is 0.0775 e. The van der Waals surface area contributed by atoms with Gasteiger partial charge >= 0.3 is 0 Å². The Morgan fingerprint density at radius 1 is 0.491 bits per heavy atom. The molecular weight excluding hydrogens is 721 g/mol. The summed E-state index contributed by atoms with van der Waals surface area (Å²) in [4.78, 5) is 2.37. The summed E-state index contributed by atoms with van der Waals surface area (Å²) in [5.74, 6) is 7.05. The van der Waals surface area contributed by atoms with Crippen molar-refractivity contribution >= 4 is 65.4 Å². The molecule has 0 saturated carbocycles. The minimum Gasteiger partial charge on any atom is -0.311 e. The molecule has 0 aliphatic heterocycles. The van der Waals surface area contributed by atoms with Gasteiger partial charge in [0.2, 0.25) is 0 Å². The van der Waals surface area contributed by atoms with Crippen LogP contribution in [0.1, 0.15) is 36.1 Å². The Morgan fingerprint density at radius 3 is 1.60 bits per heavy atom. The molecule has 8 aromatic rings. The maximum absolute atomic E-state index is 3.54. The Morgan fingerprint density at radius 2 is 1.00 bits per heavy atom. The van der Waals surface area contributed by atoms with Crippen molar-refractivity contribution in [2.75, 3.05) is 4.90 Å². The first-order valence-corrected chi connectivity index (χ1v) is 27.2. The minimum absolute atomic E-state index is 0.214. The Hall–Kier alpha value is -5.87. The summed E-state index contributed by atoms with van der Waals surface area (Å²) in [5, 5.41) is 5.51. The molecule has 0 unspecified atom stereocenters. The number of rotatable bonds is 6. The molecule has 0 fully saturated rings. The molecule has 57 heavy (non-hydrogen) atoms. The molecule has 2 nitrogen and oxygen atoms in total. The maximum atomic E-state index is 3.54. The molecule has 9 rings (SSSR count). The predicted octanol–water partition coefficient (Wildman–Crippen LogP) is 13.0. The van der Waals surface area contributed by atoms with E-state index < -0.39 is 16.1 Å². The van der Waals surface area contributed by atoms with Gasteiger partial charge in [0.05, 0.1) is 27.2 Å². The molecule has 0 amide bonds. The highest BCUT2D eigenvalue weighted by molar-refractivity contribution is 6.89. The van der Waals surface area contributed by atoms with Gasteiger partial charge in [0.15, 0.2) is 0 Å². The van der Waals surface area contributed by atoms with Crippen molar-refractivity contribution in [3.8, 4) is 28.7 Å². The third kappa shape index (κ3) is 6.46. The summed E-state index contributed by atoms with van der Waals surface area (Å²) in [6.45, 7) is 19.2. The van der Waals surface area contributed by atoms with Crippen LogP contribution in [0.2, 0.25) is 39.3 Å². The minimum atomic E-state index is -1.42. The van der Waals surface area contributed by atoms with Gasteiger partial charge in [-0.25, -0.2) is 0 Å². The lowest BCUT2D eigenvalue weighted by molar-refractivity contribution is 0.663. The highest BCUT2D eigenvalue weighted by atomic mass is 28.3. The Labute approximate surface area is 340 Å². The fourth-order valence-corrected chi connectivity index (χ4v) is 11.1. The molecule has 1 aromatic heterocycles. The van der Waals surface area contributed by atoms with E-state index in [9.17, 15) is 0 Å². The number of fused-ring (bicyclic) bond motifs is 7. The zero-order valence-corrected chi connectivity index (χ0v) is 36.4. The zero-order chi connectivity index (χ0) is 39.7. The number of nitrogens with zero attached hydrogens (tertiary/aromatic N) is 2. The average Bonchev–Trinajstić information content (AvgIpc) is 3.66. The van der Waals surface area contributed by atoms with Gasteiger partial charge in [-0.3, -0.25) is 0 Å². The SMILES string of the molecule is CC1(C)c2cc(C#Cc3ccc(N(c4ccc([Si](C)(C)C)cc4)c4ccc([Si](C)(C)C)cc4)cc3)ccc2-c2ccc3c4ccccc4n(-c4ccccc4)c3c21. The molecule has 1 heterocycles. The molecule has 0 atom stereocenters. The van der Waals surface area contributed by atoms with E-state index in [1.165, 1.54) is 71.5 Å². The molecule has 0 saturated heterocycles. The molecule has 7 aromatic carbocycles. The van der Waals surface area contributed by atoms with Gasteiger partial charge in [0, 0.05) is 50.1 Å². The van der Waals surface area contributed by atoms with Gasteiger partial charge in [-0.15, -0.1) is 0 Å². The second kappa shape index (κ2) is 13.7. The van der Waals surface area contributed by atoms with Gasteiger partial charge in [-0.2, -0.15) is 0 Å². The van der Waals surface area contributed by atoms with Gasteiger partial charge in [0.25, 0.3) is 0 Å². The van der Waals surface area contributed by atoms with Crippen LogP contribution in [0, 0.1) is 11.8 Å². The zero-order valence-electron chi connectivity index (χ0n) is 34.4. The van der Waals surface area contributed by atoms with E-state index in [1.807, 2.05) is 0 Å². The fourth-order valence-electron chi connectivity index (χ4n) is 8.77. The van der Waals surface area contributed by atoms with Gasteiger partial charge < -0.3 is 9.47 Å². The molecular formula is C53H50N2Si2. The summed E-state index contributed by atoms with van der Waals surface area (Å²) < 4.78 is 2.47. The van der Waals surface area contributed by atoms with Crippen LogP contribution in [0.25, 0.3) is 38.6 Å². The largest absolute Gasteiger partial charge is 0.311 e. The first-order chi connectivity index (χ1) is 27.3. The predicted molar refractivity (Wildman–Crippen MR) is 251 cm³/mol. The van der Waals surface area contributed by atoms with Crippen molar-refractivity contribution in [1.29, 1.82) is 0 Å². The molecule has 1 aliphatic rings. The van der Waals surface area contributed by atoms with Crippen molar-refractivity contribution in [2.24, 2.45) is 0 Å². The van der Waals surface area contributed by atoms with Gasteiger partial charge in [-0.1, -0.05) is 154 Å². The lowest BCUT2D eigenvalue weighted by Gasteiger charge is -2.27. The van der Waals surface area contributed by atoms with E-state index in [0.717, 1.165) is 16.8 Å². The van der Waals surface area contributed by atoms with Crippen molar-refractivity contribution in [1.82, 2.24) is 4.57 Å². The number of anilines is 3. The molecule has 1 aliphatic carbocycles. The Balaban J connectivity index is 1.06. The standard InChI is InChI=1S/C53H50N2Si2/c1-53(2)49-36-38(22-33-45(49)47-34-35-48-46-16-12-13-17-50(46)55(52(48)51(47)53)39-14-10-9-11-15-39)19-18-37-20-23-40(24-21-37)54(41-25-29-43(30-26-41)56(3,4)5)42-27-31-44(32-28-42)57(6,7)8/h9-17,20-36H,1-8H3. The molecule has 0 radical (unpaired) electrons. The highest BCUT2D eigenvalue weighted by Gasteiger charge is 2.38.